The van der Waals surface area contributed by atoms with E-state index in [0.717, 1.165) is 42.4 Å². The van der Waals surface area contributed by atoms with Crippen LogP contribution in [0.2, 0.25) is 0 Å². The summed E-state index contributed by atoms with van der Waals surface area (Å²) in [4.78, 5) is 3.92. The minimum absolute atomic E-state index is 0.235. The maximum absolute atomic E-state index is 8.89. The first kappa shape index (κ1) is 14.2. The normalized spacial score (nSPS) is 17.3. The number of benzene rings is 2. The Morgan fingerprint density at radius 1 is 0.926 bits per heavy atom. The van der Waals surface area contributed by atoms with Gasteiger partial charge < -0.3 is 0 Å². The number of rotatable bonds is 1. The van der Waals surface area contributed by atoms with Crippen molar-refractivity contribution in [2.75, 3.05) is 7.05 Å². The van der Waals surface area contributed by atoms with E-state index in [0.29, 0.717) is 11.1 Å². The Morgan fingerprint density at radius 3 is 2.37 bits per heavy atom. The second-order valence-corrected chi connectivity index (χ2v) is 6.65. The molecule has 0 radical (unpaired) electrons. The van der Waals surface area contributed by atoms with Crippen molar-refractivity contribution in [2.24, 2.45) is 0 Å². The van der Waals surface area contributed by atoms with Gasteiger partial charge in [0.15, 0.2) is 0 Å². The molecule has 0 amide bonds. The summed E-state index contributed by atoms with van der Waals surface area (Å²) in [6.07, 6.45) is 5.13. The lowest BCUT2D eigenvalue weighted by molar-refractivity contribution is 0.443. The van der Waals surface area contributed by atoms with Crippen molar-refractivity contribution in [1.29, 1.82) is 0 Å². The molecule has 134 valence electrons. The molecule has 0 aromatic heterocycles. The molecule has 1 fully saturated rings. The summed E-state index contributed by atoms with van der Waals surface area (Å²) >= 11 is 0. The first-order valence-corrected chi connectivity index (χ1v) is 9.35. The fourth-order valence-corrected chi connectivity index (χ4v) is 3.38. The van der Waals surface area contributed by atoms with Gasteiger partial charge in [0.2, 0.25) is 0 Å². The van der Waals surface area contributed by atoms with Crippen LogP contribution in [0.25, 0.3) is 4.85 Å². The standard InChI is InChI=1S/C26H26N/c1-4-8-24-18-25(21-9-6-5-7-10-21)16-15-22(24)13-14-23-12-11-20(2)17-26(23)19-27-3/h11-12,15-18,21H,5-7,9-10H2,1-3H3/q+1/i2D3,21D. The van der Waals surface area contributed by atoms with Crippen LogP contribution in [0.3, 0.4) is 0 Å². The van der Waals surface area contributed by atoms with Crippen LogP contribution < -0.4 is 0 Å². The van der Waals surface area contributed by atoms with Crippen LogP contribution in [0.4, 0.5) is 0 Å². The zero-order valence-electron chi connectivity index (χ0n) is 19.9. The van der Waals surface area contributed by atoms with Crippen molar-refractivity contribution in [1.82, 2.24) is 0 Å². The van der Waals surface area contributed by atoms with Crippen molar-refractivity contribution in [3.8, 4) is 29.8 Å². The second-order valence-electron chi connectivity index (χ2n) is 6.65. The van der Waals surface area contributed by atoms with Gasteiger partial charge in [0.25, 0.3) is 7.05 Å². The number of hydrogen-bond donors (Lipinski definition) is 0. The predicted octanol–water partition coefficient (Wildman–Crippen LogP) is 6.12. The Kier molecular flexibility index (Phi) is 4.78. The third-order valence-corrected chi connectivity index (χ3v) is 4.73. The maximum Gasteiger partial charge on any atom is 0.311 e. The second kappa shape index (κ2) is 9.12. The fraction of sp³-hybridized carbons (Fsp3) is 0.346. The third-order valence-electron chi connectivity index (χ3n) is 4.73. The smallest absolute Gasteiger partial charge is 0.101 e. The predicted molar refractivity (Wildman–Crippen MR) is 114 cm³/mol. The van der Waals surface area contributed by atoms with E-state index < -0.39 is 12.7 Å². The van der Waals surface area contributed by atoms with Crippen LogP contribution in [-0.2, 0) is 0 Å². The molecule has 3 rings (SSSR count). The Labute approximate surface area is 169 Å². The number of hydrogen-bond acceptors (Lipinski definition) is 0. The molecular formula is C26H26N+. The zero-order chi connectivity index (χ0) is 22.5. The fourth-order valence-electron chi connectivity index (χ4n) is 3.38. The Bertz CT molecular complexity index is 1150. The maximum atomic E-state index is 8.89. The average molecular weight is 357 g/mol. The highest BCUT2D eigenvalue weighted by atomic mass is 14.6. The molecule has 0 aliphatic heterocycles. The Morgan fingerprint density at radius 2 is 1.67 bits per heavy atom. The van der Waals surface area contributed by atoms with E-state index in [1.54, 1.807) is 32.2 Å². The van der Waals surface area contributed by atoms with Gasteiger partial charge in [0, 0.05) is 22.2 Å². The van der Waals surface area contributed by atoms with Gasteiger partial charge in [0.05, 0.1) is 0 Å². The minimum atomic E-state index is -2.19. The molecule has 2 aromatic carbocycles. The average Bonchev–Trinajstić information content (AvgIpc) is 2.73. The lowest BCUT2D eigenvalue weighted by atomic mass is 9.83. The van der Waals surface area contributed by atoms with Gasteiger partial charge in [-0.25, -0.2) is 0 Å². The van der Waals surface area contributed by atoms with Crippen LogP contribution in [0, 0.1) is 36.6 Å². The van der Waals surface area contributed by atoms with Crippen molar-refractivity contribution in [2.45, 2.75) is 51.8 Å². The summed E-state index contributed by atoms with van der Waals surface area (Å²) in [5.74, 6) is 11.9. The summed E-state index contributed by atoms with van der Waals surface area (Å²) in [6.45, 7) is -0.402. The van der Waals surface area contributed by atoms with Crippen molar-refractivity contribution < 1.29 is 5.48 Å². The summed E-state index contributed by atoms with van der Waals surface area (Å²) < 4.78 is 31.7. The van der Waals surface area contributed by atoms with E-state index in [1.165, 1.54) is 6.42 Å². The molecule has 1 aliphatic carbocycles. The summed E-state index contributed by atoms with van der Waals surface area (Å²) in [6, 6.07) is 13.6. The van der Waals surface area contributed by atoms with Gasteiger partial charge in [-0.2, -0.15) is 0 Å². The first-order valence-electron chi connectivity index (χ1n) is 11.4. The van der Waals surface area contributed by atoms with Gasteiger partial charge in [-0.15, -0.1) is 5.92 Å². The third kappa shape index (κ3) is 4.82. The monoisotopic (exact) mass is 356 g/mol. The summed E-state index contributed by atoms with van der Waals surface area (Å²) in [5, 5.41) is 0. The lowest BCUT2D eigenvalue weighted by Crippen LogP contribution is -2.05. The molecule has 2 aromatic rings. The molecule has 0 atom stereocenters. The quantitative estimate of drug-likeness (QED) is 0.542. The molecular weight excluding hydrogens is 326 g/mol. The summed E-state index contributed by atoms with van der Waals surface area (Å²) in [5.41, 5.74) is 4.05. The largest absolute Gasteiger partial charge is 0.311 e. The van der Waals surface area contributed by atoms with Gasteiger partial charge in [-0.1, -0.05) is 54.0 Å². The molecule has 1 saturated carbocycles. The topological polar surface area (TPSA) is 4.36 Å². The van der Waals surface area contributed by atoms with Crippen LogP contribution in [0.5, 0.6) is 0 Å². The van der Waals surface area contributed by atoms with E-state index in [4.69, 9.17) is 5.48 Å². The molecule has 27 heavy (non-hydrogen) atoms. The van der Waals surface area contributed by atoms with Crippen LogP contribution >= 0.6 is 0 Å². The SMILES string of the molecule is [2H]C([2H])([2H])c1ccc(C#Cc2ccc(C3([2H])CCCCC3)cc2C#CC)c(C#[N+]C)c1. The zero-order valence-corrected chi connectivity index (χ0v) is 15.9. The molecule has 1 nitrogen and oxygen atoms in total. The Hall–Kier alpha value is -2.95. The molecule has 0 unspecified atom stereocenters. The van der Waals surface area contributed by atoms with E-state index in [2.05, 4.69) is 34.6 Å². The molecule has 0 spiro atoms. The minimum Gasteiger partial charge on any atom is -0.101 e. The molecule has 0 bridgehead atoms. The van der Waals surface area contributed by atoms with Crippen LogP contribution in [0.1, 0.15) is 83.8 Å². The number of nitrogens with zero attached hydrogens (tertiary/aromatic N) is 1. The lowest BCUT2D eigenvalue weighted by Gasteiger charge is -2.22. The molecule has 1 heteroatoms. The van der Waals surface area contributed by atoms with Gasteiger partial charge in [-0.05, 0) is 67.9 Å². The highest BCUT2D eigenvalue weighted by Gasteiger charge is 2.16. The van der Waals surface area contributed by atoms with Gasteiger partial charge >= 0.3 is 6.07 Å². The van der Waals surface area contributed by atoms with Crippen LogP contribution in [0.15, 0.2) is 36.4 Å². The van der Waals surface area contributed by atoms with Gasteiger partial charge in [-0.3, -0.25) is 0 Å². The first-order chi connectivity index (χ1) is 14.8. The van der Waals surface area contributed by atoms with E-state index in [9.17, 15) is 0 Å². The number of aryl methyl sites for hydroxylation is 1. The van der Waals surface area contributed by atoms with E-state index in [-0.39, 0.29) is 5.56 Å². The van der Waals surface area contributed by atoms with Crippen molar-refractivity contribution >= 4 is 0 Å². The molecule has 0 N–H and O–H groups in total. The van der Waals surface area contributed by atoms with Crippen molar-refractivity contribution in [3.63, 3.8) is 0 Å². The molecule has 0 heterocycles. The van der Waals surface area contributed by atoms with Crippen LogP contribution in [-0.4, -0.2) is 7.05 Å². The Balaban J connectivity index is 2.01. The van der Waals surface area contributed by atoms with Gasteiger partial charge in [0.1, 0.15) is 5.56 Å². The highest BCUT2D eigenvalue weighted by molar-refractivity contribution is 5.57. The molecule has 0 saturated heterocycles. The summed E-state index contributed by atoms with van der Waals surface area (Å²) in [7, 11) is 1.59. The van der Waals surface area contributed by atoms with Crippen molar-refractivity contribution in [3.05, 3.63) is 74.6 Å². The van der Waals surface area contributed by atoms with E-state index >= 15 is 0 Å². The van der Waals surface area contributed by atoms with E-state index in [1.807, 2.05) is 18.2 Å². The highest BCUT2D eigenvalue weighted by Crippen LogP contribution is 2.33. The molecule has 1 aliphatic rings.